The summed E-state index contributed by atoms with van der Waals surface area (Å²) in [5.41, 5.74) is 0. The molecule has 0 radical (unpaired) electrons. The van der Waals surface area contributed by atoms with E-state index in [0.717, 1.165) is 37.4 Å². The van der Waals surface area contributed by atoms with Gasteiger partial charge in [0.2, 0.25) is 11.9 Å². The Kier molecular flexibility index (Phi) is 4.99. The van der Waals surface area contributed by atoms with E-state index in [2.05, 4.69) is 28.7 Å². The van der Waals surface area contributed by atoms with Gasteiger partial charge < -0.3 is 14.5 Å². The maximum Gasteiger partial charge on any atom is 0.230 e. The van der Waals surface area contributed by atoms with Crippen LogP contribution in [0, 0.1) is 5.92 Å². The molecule has 0 bridgehead atoms. The van der Waals surface area contributed by atoms with Gasteiger partial charge in [0.1, 0.15) is 5.82 Å². The molecule has 2 saturated heterocycles. The van der Waals surface area contributed by atoms with Crippen molar-refractivity contribution in [3.05, 3.63) is 5.82 Å². The van der Waals surface area contributed by atoms with Crippen LogP contribution >= 0.6 is 0 Å². The van der Waals surface area contributed by atoms with E-state index in [-0.39, 0.29) is 0 Å². The minimum Gasteiger partial charge on any atom is -0.378 e. The van der Waals surface area contributed by atoms with E-state index in [4.69, 9.17) is 9.72 Å². The van der Waals surface area contributed by atoms with E-state index in [1.807, 2.05) is 19.0 Å². The van der Waals surface area contributed by atoms with Gasteiger partial charge >= 0.3 is 0 Å². The molecule has 1 aromatic rings. The molecule has 23 heavy (non-hydrogen) atoms. The van der Waals surface area contributed by atoms with E-state index in [1.54, 1.807) is 0 Å². The zero-order valence-electron chi connectivity index (χ0n) is 14.8. The van der Waals surface area contributed by atoms with Crippen molar-refractivity contribution in [1.29, 1.82) is 0 Å². The molecule has 0 N–H and O–H groups in total. The number of nitrogens with zero attached hydrogens (tertiary/aromatic N) is 5. The van der Waals surface area contributed by atoms with Gasteiger partial charge in [0.25, 0.3) is 0 Å². The van der Waals surface area contributed by atoms with Gasteiger partial charge in [0, 0.05) is 39.7 Å². The third-order valence-electron chi connectivity index (χ3n) is 4.86. The second-order valence-corrected chi connectivity index (χ2v) is 7.22. The summed E-state index contributed by atoms with van der Waals surface area (Å²) in [4.78, 5) is 18.2. The van der Waals surface area contributed by atoms with Gasteiger partial charge in [-0.15, -0.1) is 0 Å². The van der Waals surface area contributed by atoms with Crippen molar-refractivity contribution in [2.45, 2.75) is 51.6 Å². The Morgan fingerprint density at radius 2 is 1.83 bits per heavy atom. The lowest BCUT2D eigenvalue weighted by atomic mass is 9.90. The van der Waals surface area contributed by atoms with Crippen molar-refractivity contribution in [2.24, 2.45) is 5.92 Å². The van der Waals surface area contributed by atoms with Gasteiger partial charge in [-0.05, 0) is 31.6 Å². The monoisotopic (exact) mass is 319 g/mol. The predicted octanol–water partition coefficient (Wildman–Crippen LogP) is 2.46. The van der Waals surface area contributed by atoms with Crippen LogP contribution in [0.1, 0.15) is 51.3 Å². The Labute approximate surface area is 139 Å². The van der Waals surface area contributed by atoms with E-state index in [1.165, 1.54) is 25.7 Å². The molecule has 1 atom stereocenters. The molecular weight excluding hydrogens is 290 g/mol. The highest BCUT2D eigenvalue weighted by Gasteiger charge is 2.30. The molecule has 3 rings (SSSR count). The molecule has 2 aliphatic rings. The molecule has 1 aromatic heterocycles. The van der Waals surface area contributed by atoms with Crippen molar-refractivity contribution in [3.63, 3.8) is 0 Å². The standard InChI is InChI=1S/C17H29N5O/c1-12(2)15-18-16(21(3)4)20-17(19-15)22-9-7-13(8-10-22)14-6-5-11-23-14/h12-14H,5-11H2,1-4H3. The molecule has 2 fully saturated rings. The van der Waals surface area contributed by atoms with Gasteiger partial charge in [-0.2, -0.15) is 15.0 Å². The highest BCUT2D eigenvalue weighted by atomic mass is 16.5. The second kappa shape index (κ2) is 6.99. The Morgan fingerprint density at radius 1 is 1.09 bits per heavy atom. The lowest BCUT2D eigenvalue weighted by molar-refractivity contribution is 0.0530. The summed E-state index contributed by atoms with van der Waals surface area (Å²) in [7, 11) is 3.96. The fourth-order valence-corrected chi connectivity index (χ4v) is 3.41. The summed E-state index contributed by atoms with van der Waals surface area (Å²) < 4.78 is 5.87. The Balaban J connectivity index is 1.71. The molecule has 6 nitrogen and oxygen atoms in total. The first-order valence-corrected chi connectivity index (χ1v) is 8.84. The van der Waals surface area contributed by atoms with Gasteiger partial charge in [-0.1, -0.05) is 13.8 Å². The van der Waals surface area contributed by atoms with Crippen LogP contribution in [0.2, 0.25) is 0 Å². The molecular formula is C17H29N5O. The molecule has 3 heterocycles. The molecule has 6 heteroatoms. The van der Waals surface area contributed by atoms with E-state index in [9.17, 15) is 0 Å². The van der Waals surface area contributed by atoms with Crippen LogP contribution in [0.25, 0.3) is 0 Å². The van der Waals surface area contributed by atoms with Gasteiger partial charge in [0.15, 0.2) is 0 Å². The number of hydrogen-bond donors (Lipinski definition) is 0. The lowest BCUT2D eigenvalue weighted by Crippen LogP contribution is -2.39. The second-order valence-electron chi connectivity index (χ2n) is 7.22. The molecule has 0 saturated carbocycles. The normalized spacial score (nSPS) is 22.8. The highest BCUT2D eigenvalue weighted by Crippen LogP contribution is 2.30. The van der Waals surface area contributed by atoms with Gasteiger partial charge in [-0.25, -0.2) is 0 Å². The van der Waals surface area contributed by atoms with Crippen LogP contribution in [0.4, 0.5) is 11.9 Å². The van der Waals surface area contributed by atoms with E-state index >= 15 is 0 Å². The summed E-state index contributed by atoms with van der Waals surface area (Å²) in [5.74, 6) is 3.46. The largest absolute Gasteiger partial charge is 0.378 e. The lowest BCUT2D eigenvalue weighted by Gasteiger charge is -2.34. The number of piperidine rings is 1. The Hall–Kier alpha value is -1.43. The van der Waals surface area contributed by atoms with Crippen LogP contribution in [-0.2, 0) is 4.74 Å². The zero-order chi connectivity index (χ0) is 16.4. The van der Waals surface area contributed by atoms with Crippen LogP contribution in [0.5, 0.6) is 0 Å². The highest BCUT2D eigenvalue weighted by molar-refractivity contribution is 5.39. The van der Waals surface area contributed by atoms with E-state index in [0.29, 0.717) is 17.9 Å². The van der Waals surface area contributed by atoms with Crippen LogP contribution in [0.3, 0.4) is 0 Å². The Morgan fingerprint density at radius 3 is 2.39 bits per heavy atom. The molecule has 0 aliphatic carbocycles. The van der Waals surface area contributed by atoms with E-state index < -0.39 is 0 Å². The quantitative estimate of drug-likeness (QED) is 0.850. The summed E-state index contributed by atoms with van der Waals surface area (Å²) in [6.45, 7) is 7.23. The minimum absolute atomic E-state index is 0.305. The van der Waals surface area contributed by atoms with Crippen molar-refractivity contribution in [2.75, 3.05) is 43.6 Å². The molecule has 2 aliphatic heterocycles. The third kappa shape index (κ3) is 3.74. The topological polar surface area (TPSA) is 54.4 Å². The first-order chi connectivity index (χ1) is 11.0. The summed E-state index contributed by atoms with van der Waals surface area (Å²) >= 11 is 0. The van der Waals surface area contributed by atoms with Crippen molar-refractivity contribution >= 4 is 11.9 Å². The minimum atomic E-state index is 0.305. The molecule has 0 aromatic carbocycles. The fraction of sp³-hybridized carbons (Fsp3) is 0.824. The van der Waals surface area contributed by atoms with Crippen molar-refractivity contribution in [3.8, 4) is 0 Å². The Bertz CT molecular complexity index is 493. The molecule has 0 spiro atoms. The zero-order valence-corrected chi connectivity index (χ0v) is 14.8. The van der Waals surface area contributed by atoms with Crippen LogP contribution in [0.15, 0.2) is 0 Å². The number of hydrogen-bond acceptors (Lipinski definition) is 6. The van der Waals surface area contributed by atoms with Crippen molar-refractivity contribution in [1.82, 2.24) is 15.0 Å². The van der Waals surface area contributed by atoms with Gasteiger partial charge in [-0.3, -0.25) is 0 Å². The molecule has 0 amide bonds. The SMILES string of the molecule is CC(C)c1nc(N(C)C)nc(N2CCC(C3CCCO3)CC2)n1. The van der Waals surface area contributed by atoms with Crippen molar-refractivity contribution < 1.29 is 4.74 Å². The maximum atomic E-state index is 5.87. The van der Waals surface area contributed by atoms with Crippen LogP contribution in [-0.4, -0.2) is 54.8 Å². The summed E-state index contributed by atoms with van der Waals surface area (Å²) in [5, 5.41) is 0. The maximum absolute atomic E-state index is 5.87. The average Bonchev–Trinajstić information content (AvgIpc) is 3.09. The first-order valence-electron chi connectivity index (χ1n) is 8.84. The smallest absolute Gasteiger partial charge is 0.230 e. The average molecular weight is 319 g/mol. The number of anilines is 2. The third-order valence-corrected chi connectivity index (χ3v) is 4.86. The summed E-state index contributed by atoms with van der Waals surface area (Å²) in [6, 6.07) is 0. The fourth-order valence-electron chi connectivity index (χ4n) is 3.41. The predicted molar refractivity (Wildman–Crippen MR) is 92.2 cm³/mol. The molecule has 1 unspecified atom stereocenters. The molecule has 128 valence electrons. The number of rotatable bonds is 4. The van der Waals surface area contributed by atoms with Gasteiger partial charge in [0.05, 0.1) is 6.10 Å². The first kappa shape index (κ1) is 16.4. The summed E-state index contributed by atoms with van der Waals surface area (Å²) in [6.07, 6.45) is 5.29. The van der Waals surface area contributed by atoms with Crippen LogP contribution < -0.4 is 9.80 Å². The number of aromatic nitrogens is 3. The number of ether oxygens (including phenoxy) is 1.